The zero-order chi connectivity index (χ0) is 13.1. The van der Waals surface area contributed by atoms with Crippen LogP contribution in [0.25, 0.3) is 0 Å². The second-order valence-corrected chi connectivity index (χ2v) is 5.97. The Morgan fingerprint density at radius 2 is 2.12 bits per heavy atom. The summed E-state index contributed by atoms with van der Waals surface area (Å²) in [6, 6.07) is 0. The third kappa shape index (κ3) is 4.60. The first-order valence-corrected chi connectivity index (χ1v) is 6.57. The van der Waals surface area contributed by atoms with Gasteiger partial charge in [-0.15, -0.1) is 0 Å². The number of rotatable bonds is 4. The molecule has 0 aromatic carbocycles. The highest BCUT2D eigenvalue weighted by Crippen LogP contribution is 2.06. The highest BCUT2D eigenvalue weighted by atomic mass is 79.9. The normalized spacial score (nSPS) is 11.8. The summed E-state index contributed by atoms with van der Waals surface area (Å²) in [5.41, 5.74) is 0.851. The Balaban J connectivity index is 2.54. The molecule has 0 saturated heterocycles. The van der Waals surface area contributed by atoms with E-state index in [1.54, 1.807) is 10.9 Å². The first-order chi connectivity index (χ1) is 7.81. The van der Waals surface area contributed by atoms with E-state index in [9.17, 15) is 4.79 Å². The maximum atomic E-state index is 11.8. The molecule has 0 aliphatic rings. The van der Waals surface area contributed by atoms with Crippen LogP contribution in [-0.4, -0.2) is 21.6 Å². The lowest BCUT2D eigenvalue weighted by Gasteiger charge is -2.20. The first-order valence-electron chi connectivity index (χ1n) is 5.78. The molecule has 1 aromatic heterocycles. The van der Waals surface area contributed by atoms with Crippen molar-refractivity contribution >= 4 is 15.9 Å². The minimum absolute atomic E-state index is 0.00624. The molecule has 0 aliphatic heterocycles. The highest BCUT2D eigenvalue weighted by Gasteiger charge is 2.08. The minimum Gasteiger partial charge on any atom is -0.312 e. The van der Waals surface area contributed by atoms with Gasteiger partial charge in [-0.1, -0.05) is 0 Å². The minimum atomic E-state index is -0.00624. The van der Waals surface area contributed by atoms with Crippen LogP contribution in [0, 0.1) is 6.92 Å². The molecule has 5 heteroatoms. The quantitative estimate of drug-likeness (QED) is 0.866. The molecular formula is C12H20BrN3O. The van der Waals surface area contributed by atoms with Gasteiger partial charge in [0.2, 0.25) is 0 Å². The topological polar surface area (TPSA) is 46.9 Å². The average molecular weight is 302 g/mol. The molecule has 0 aliphatic carbocycles. The van der Waals surface area contributed by atoms with Crippen molar-refractivity contribution in [3.63, 3.8) is 0 Å². The van der Waals surface area contributed by atoms with Crippen molar-refractivity contribution in [3.8, 4) is 0 Å². The van der Waals surface area contributed by atoms with Crippen molar-refractivity contribution in [2.24, 2.45) is 0 Å². The van der Waals surface area contributed by atoms with Gasteiger partial charge in [0.1, 0.15) is 4.47 Å². The van der Waals surface area contributed by atoms with E-state index in [0.29, 0.717) is 11.0 Å². The van der Waals surface area contributed by atoms with Crippen LogP contribution >= 0.6 is 15.9 Å². The molecule has 0 fully saturated rings. The fraction of sp³-hybridized carbons (Fsp3) is 0.667. The van der Waals surface area contributed by atoms with Crippen molar-refractivity contribution in [1.29, 1.82) is 0 Å². The van der Waals surface area contributed by atoms with Gasteiger partial charge in [-0.3, -0.25) is 9.36 Å². The summed E-state index contributed by atoms with van der Waals surface area (Å²) >= 11 is 3.26. The van der Waals surface area contributed by atoms with Crippen LogP contribution in [0.4, 0.5) is 0 Å². The standard InChI is InChI=1S/C12H20BrN3O/c1-9-10(13)11(17)16(8-14-9)7-5-6-15-12(2,3)4/h8,15H,5-7H2,1-4H3. The molecule has 0 saturated carbocycles. The van der Waals surface area contributed by atoms with Crippen LogP contribution in [0.15, 0.2) is 15.6 Å². The van der Waals surface area contributed by atoms with E-state index < -0.39 is 0 Å². The zero-order valence-electron chi connectivity index (χ0n) is 10.9. The summed E-state index contributed by atoms with van der Waals surface area (Å²) in [5, 5.41) is 3.39. The summed E-state index contributed by atoms with van der Waals surface area (Å²) in [6.07, 6.45) is 2.52. The van der Waals surface area contributed by atoms with Crippen LogP contribution in [0.1, 0.15) is 32.9 Å². The maximum Gasteiger partial charge on any atom is 0.267 e. The Kier molecular flexibility index (Phi) is 4.89. The molecule has 0 atom stereocenters. The van der Waals surface area contributed by atoms with Gasteiger partial charge < -0.3 is 5.32 Å². The summed E-state index contributed by atoms with van der Waals surface area (Å²) in [7, 11) is 0. The van der Waals surface area contributed by atoms with Crippen molar-refractivity contribution in [2.75, 3.05) is 6.54 Å². The molecule has 0 amide bonds. The van der Waals surface area contributed by atoms with E-state index in [1.165, 1.54) is 0 Å². The molecule has 96 valence electrons. The van der Waals surface area contributed by atoms with Crippen LogP contribution in [0.3, 0.4) is 0 Å². The van der Waals surface area contributed by atoms with Gasteiger partial charge in [0.15, 0.2) is 0 Å². The molecule has 1 heterocycles. The largest absolute Gasteiger partial charge is 0.312 e. The number of halogens is 1. The van der Waals surface area contributed by atoms with E-state index in [2.05, 4.69) is 47.0 Å². The first kappa shape index (κ1) is 14.4. The summed E-state index contributed by atoms with van der Waals surface area (Å²) in [6.45, 7) is 9.78. The second kappa shape index (κ2) is 5.78. The van der Waals surface area contributed by atoms with Crippen LogP contribution < -0.4 is 10.9 Å². The molecule has 0 spiro atoms. The third-order valence-corrected chi connectivity index (χ3v) is 3.30. The summed E-state index contributed by atoms with van der Waals surface area (Å²) in [4.78, 5) is 16.0. The average Bonchev–Trinajstić information content (AvgIpc) is 2.22. The van der Waals surface area contributed by atoms with Gasteiger partial charge in [0.25, 0.3) is 5.56 Å². The van der Waals surface area contributed by atoms with E-state index in [-0.39, 0.29) is 11.1 Å². The van der Waals surface area contributed by atoms with Gasteiger partial charge in [-0.25, -0.2) is 4.98 Å². The predicted octanol–water partition coefficient (Wildman–Crippen LogP) is 2.09. The van der Waals surface area contributed by atoms with Crippen molar-refractivity contribution in [3.05, 3.63) is 26.8 Å². The van der Waals surface area contributed by atoms with Crippen molar-refractivity contribution in [1.82, 2.24) is 14.9 Å². The molecule has 0 bridgehead atoms. The molecular weight excluding hydrogens is 282 g/mol. The number of nitrogens with one attached hydrogen (secondary N) is 1. The Morgan fingerprint density at radius 3 is 2.71 bits per heavy atom. The van der Waals surface area contributed by atoms with Gasteiger partial charge in [0.05, 0.1) is 12.0 Å². The Labute approximate surface area is 111 Å². The van der Waals surface area contributed by atoms with E-state index in [4.69, 9.17) is 0 Å². The van der Waals surface area contributed by atoms with Crippen molar-refractivity contribution < 1.29 is 0 Å². The van der Waals surface area contributed by atoms with Crippen LogP contribution in [-0.2, 0) is 6.54 Å². The Bertz CT molecular complexity index is 434. The molecule has 1 rings (SSSR count). The highest BCUT2D eigenvalue weighted by molar-refractivity contribution is 9.10. The molecule has 1 aromatic rings. The number of aromatic nitrogens is 2. The van der Waals surface area contributed by atoms with Gasteiger partial charge in [-0.05, 0) is 56.6 Å². The van der Waals surface area contributed by atoms with Gasteiger partial charge in [0, 0.05) is 12.1 Å². The molecule has 4 nitrogen and oxygen atoms in total. The number of hydrogen-bond donors (Lipinski definition) is 1. The van der Waals surface area contributed by atoms with Gasteiger partial charge >= 0.3 is 0 Å². The molecule has 0 radical (unpaired) electrons. The predicted molar refractivity (Wildman–Crippen MR) is 73.3 cm³/mol. The van der Waals surface area contributed by atoms with Gasteiger partial charge in [-0.2, -0.15) is 0 Å². The van der Waals surface area contributed by atoms with Crippen LogP contribution in [0.5, 0.6) is 0 Å². The number of nitrogens with zero attached hydrogens (tertiary/aromatic N) is 2. The lowest BCUT2D eigenvalue weighted by atomic mass is 10.1. The fourth-order valence-corrected chi connectivity index (χ4v) is 1.75. The lowest BCUT2D eigenvalue weighted by Crippen LogP contribution is -2.37. The van der Waals surface area contributed by atoms with E-state index >= 15 is 0 Å². The van der Waals surface area contributed by atoms with Crippen LogP contribution in [0.2, 0.25) is 0 Å². The Morgan fingerprint density at radius 1 is 1.47 bits per heavy atom. The number of hydrogen-bond acceptors (Lipinski definition) is 3. The molecule has 17 heavy (non-hydrogen) atoms. The Hall–Kier alpha value is -0.680. The summed E-state index contributed by atoms with van der Waals surface area (Å²) in [5.74, 6) is 0. The fourth-order valence-electron chi connectivity index (χ4n) is 1.42. The second-order valence-electron chi connectivity index (χ2n) is 5.17. The van der Waals surface area contributed by atoms with E-state index in [0.717, 1.165) is 18.7 Å². The SMILES string of the molecule is Cc1ncn(CCCNC(C)(C)C)c(=O)c1Br. The molecule has 1 N–H and O–H groups in total. The third-order valence-electron chi connectivity index (χ3n) is 2.39. The number of aryl methyl sites for hydroxylation is 2. The monoisotopic (exact) mass is 301 g/mol. The molecule has 0 unspecified atom stereocenters. The summed E-state index contributed by atoms with van der Waals surface area (Å²) < 4.78 is 2.20. The van der Waals surface area contributed by atoms with E-state index in [1.807, 2.05) is 6.92 Å². The maximum absolute atomic E-state index is 11.8. The smallest absolute Gasteiger partial charge is 0.267 e. The van der Waals surface area contributed by atoms with Crippen molar-refractivity contribution in [2.45, 2.75) is 46.2 Å². The zero-order valence-corrected chi connectivity index (χ0v) is 12.5. The lowest BCUT2D eigenvalue weighted by molar-refractivity contribution is 0.412.